The van der Waals surface area contributed by atoms with Crippen molar-refractivity contribution in [2.45, 2.75) is 45.4 Å². The van der Waals surface area contributed by atoms with E-state index in [9.17, 15) is 18.0 Å². The van der Waals surface area contributed by atoms with E-state index in [1.54, 1.807) is 11.9 Å². The number of esters is 1. The Morgan fingerprint density at radius 3 is 2.17 bits per heavy atom. The van der Waals surface area contributed by atoms with E-state index < -0.39 is 16.0 Å². The van der Waals surface area contributed by atoms with Crippen molar-refractivity contribution in [1.29, 1.82) is 0 Å². The van der Waals surface area contributed by atoms with Crippen LogP contribution < -0.4 is 0 Å². The maximum atomic E-state index is 12.7. The fourth-order valence-electron chi connectivity index (χ4n) is 3.41. The molecule has 1 aromatic heterocycles. The number of rotatable bonds is 9. The molecule has 0 bridgehead atoms. The van der Waals surface area contributed by atoms with Gasteiger partial charge >= 0.3 is 5.97 Å². The highest BCUT2D eigenvalue weighted by molar-refractivity contribution is 7.89. The lowest BCUT2D eigenvalue weighted by atomic mass is 10.1. The maximum absolute atomic E-state index is 12.7. The van der Waals surface area contributed by atoms with Crippen LogP contribution >= 0.6 is 0 Å². The van der Waals surface area contributed by atoms with E-state index in [0.29, 0.717) is 38.0 Å². The van der Waals surface area contributed by atoms with Gasteiger partial charge in [0.2, 0.25) is 10.0 Å². The zero-order valence-corrected chi connectivity index (χ0v) is 18.9. The smallest absolute Gasteiger partial charge is 0.355 e. The molecular weight excluding hydrogens is 394 g/mol. The van der Waals surface area contributed by atoms with E-state index in [4.69, 9.17) is 4.74 Å². The third kappa shape index (κ3) is 6.05. The first-order valence-corrected chi connectivity index (χ1v) is 11.6. The highest BCUT2D eigenvalue weighted by Gasteiger charge is 2.30. The first kappa shape index (κ1) is 23.4. The molecule has 0 spiro atoms. The molecule has 9 heteroatoms. The summed E-state index contributed by atoms with van der Waals surface area (Å²) in [5.74, 6) is -0.350. The van der Waals surface area contributed by atoms with Gasteiger partial charge in [-0.25, -0.2) is 13.2 Å². The highest BCUT2D eigenvalue weighted by Crippen LogP contribution is 2.22. The molecule has 1 saturated heterocycles. The van der Waals surface area contributed by atoms with Gasteiger partial charge < -0.3 is 14.2 Å². The highest BCUT2D eigenvalue weighted by atomic mass is 32.2. The lowest BCUT2D eigenvalue weighted by Crippen LogP contribution is -2.39. The van der Waals surface area contributed by atoms with Gasteiger partial charge in [-0.05, 0) is 30.7 Å². The van der Waals surface area contributed by atoms with Crippen molar-refractivity contribution in [1.82, 2.24) is 13.8 Å². The number of ether oxygens (including phenoxy) is 1. The van der Waals surface area contributed by atoms with Crippen molar-refractivity contribution in [3.05, 3.63) is 18.0 Å². The summed E-state index contributed by atoms with van der Waals surface area (Å²) in [6, 6.07) is 1.32. The van der Waals surface area contributed by atoms with Gasteiger partial charge in [-0.3, -0.25) is 4.79 Å². The molecule has 0 aromatic carbocycles. The van der Waals surface area contributed by atoms with E-state index in [2.05, 4.69) is 0 Å². The zero-order chi connectivity index (χ0) is 21.8. The van der Waals surface area contributed by atoms with Crippen LogP contribution in [0, 0.1) is 11.8 Å². The number of hydrogen-bond donors (Lipinski definition) is 0. The molecule has 2 heterocycles. The molecule has 0 aliphatic carbocycles. The number of aryl methyl sites for hydroxylation is 1. The standard InChI is InChI=1S/C20H33N3O5S/c1-15(2)11-22(12-16(3)4)19(24)14-28-20(25)18-10-17(13-21(18)5)29(26,27)23-8-6-7-9-23/h10,13,15-16H,6-9,11-12,14H2,1-5H3. The summed E-state index contributed by atoms with van der Waals surface area (Å²) in [5.41, 5.74) is 0.106. The Hall–Kier alpha value is -1.87. The molecule has 1 amide bonds. The molecule has 1 fully saturated rings. The number of carbonyl (C=O) groups excluding carboxylic acids is 2. The number of nitrogens with zero attached hydrogens (tertiary/aromatic N) is 3. The number of sulfonamides is 1. The molecule has 1 aliphatic rings. The van der Waals surface area contributed by atoms with Crippen LogP contribution in [0.1, 0.15) is 51.0 Å². The minimum absolute atomic E-state index is 0.0708. The summed E-state index contributed by atoms with van der Waals surface area (Å²) in [5, 5.41) is 0. The second kappa shape index (κ2) is 9.75. The Morgan fingerprint density at radius 1 is 1.10 bits per heavy atom. The van der Waals surface area contributed by atoms with Gasteiger partial charge in [0.15, 0.2) is 6.61 Å². The second-order valence-electron chi connectivity index (χ2n) is 8.45. The average molecular weight is 428 g/mol. The molecule has 164 valence electrons. The Labute approximate surface area is 173 Å². The van der Waals surface area contributed by atoms with Crippen molar-refractivity contribution in [2.75, 3.05) is 32.8 Å². The molecule has 8 nitrogen and oxygen atoms in total. The molecular formula is C20H33N3O5S. The van der Waals surface area contributed by atoms with E-state index >= 15 is 0 Å². The molecule has 0 unspecified atom stereocenters. The van der Waals surface area contributed by atoms with Crippen LogP contribution in [0.2, 0.25) is 0 Å². The Kier molecular flexibility index (Phi) is 7.87. The fourth-order valence-corrected chi connectivity index (χ4v) is 5.00. The minimum Gasteiger partial charge on any atom is -0.451 e. The van der Waals surface area contributed by atoms with Gasteiger partial charge in [0, 0.05) is 39.4 Å². The summed E-state index contributed by atoms with van der Waals surface area (Å²) >= 11 is 0. The summed E-state index contributed by atoms with van der Waals surface area (Å²) in [7, 11) is -2.03. The third-order valence-corrected chi connectivity index (χ3v) is 6.61. The molecule has 2 rings (SSSR count). The fraction of sp³-hybridized carbons (Fsp3) is 0.700. The average Bonchev–Trinajstić information content (AvgIpc) is 3.28. The molecule has 1 aliphatic heterocycles. The monoisotopic (exact) mass is 427 g/mol. The maximum Gasteiger partial charge on any atom is 0.355 e. The normalized spacial score (nSPS) is 15.3. The largest absolute Gasteiger partial charge is 0.451 e. The molecule has 29 heavy (non-hydrogen) atoms. The lowest BCUT2D eigenvalue weighted by molar-refractivity contribution is -0.135. The first-order chi connectivity index (χ1) is 13.5. The van der Waals surface area contributed by atoms with Crippen LogP contribution in [0.25, 0.3) is 0 Å². The predicted octanol–water partition coefficient (Wildman–Crippen LogP) is 2.11. The Morgan fingerprint density at radius 2 is 1.66 bits per heavy atom. The van der Waals surface area contributed by atoms with E-state index in [1.807, 2.05) is 27.7 Å². The van der Waals surface area contributed by atoms with Crippen molar-refractivity contribution < 1.29 is 22.7 Å². The molecule has 0 N–H and O–H groups in total. The Bertz CT molecular complexity index is 813. The van der Waals surface area contributed by atoms with Crippen molar-refractivity contribution in [3.63, 3.8) is 0 Å². The summed E-state index contributed by atoms with van der Waals surface area (Å²) in [4.78, 5) is 26.8. The van der Waals surface area contributed by atoms with Crippen molar-refractivity contribution in [2.24, 2.45) is 18.9 Å². The van der Waals surface area contributed by atoms with Crippen molar-refractivity contribution >= 4 is 21.9 Å². The van der Waals surface area contributed by atoms with Gasteiger partial charge in [0.25, 0.3) is 5.91 Å². The number of amides is 1. The summed E-state index contributed by atoms with van der Waals surface area (Å²) in [6.45, 7) is 9.92. The van der Waals surface area contributed by atoms with E-state index in [1.165, 1.54) is 21.1 Å². The molecule has 0 radical (unpaired) electrons. The zero-order valence-electron chi connectivity index (χ0n) is 18.1. The van der Waals surface area contributed by atoms with Gasteiger partial charge in [0.1, 0.15) is 10.6 Å². The first-order valence-electron chi connectivity index (χ1n) is 10.1. The quantitative estimate of drug-likeness (QED) is 0.563. The topological polar surface area (TPSA) is 88.9 Å². The number of aromatic nitrogens is 1. The van der Waals surface area contributed by atoms with Crippen LogP contribution in [0.3, 0.4) is 0 Å². The minimum atomic E-state index is -3.62. The van der Waals surface area contributed by atoms with Gasteiger partial charge in [-0.2, -0.15) is 4.31 Å². The third-order valence-electron chi connectivity index (χ3n) is 4.74. The summed E-state index contributed by atoms with van der Waals surface area (Å²) in [6.07, 6.45) is 3.09. The Balaban J connectivity index is 2.05. The molecule has 0 saturated carbocycles. The second-order valence-corrected chi connectivity index (χ2v) is 10.4. The van der Waals surface area contributed by atoms with Gasteiger partial charge in [0.05, 0.1) is 0 Å². The lowest BCUT2D eigenvalue weighted by Gasteiger charge is -2.26. The van der Waals surface area contributed by atoms with Gasteiger partial charge in [-0.15, -0.1) is 0 Å². The van der Waals surface area contributed by atoms with E-state index in [-0.39, 0.29) is 23.1 Å². The van der Waals surface area contributed by atoms with Crippen LogP contribution in [-0.4, -0.2) is 66.9 Å². The van der Waals surface area contributed by atoms with Crippen LogP contribution in [0.4, 0.5) is 0 Å². The van der Waals surface area contributed by atoms with E-state index in [0.717, 1.165) is 12.8 Å². The number of carbonyl (C=O) groups is 2. The SMILES string of the molecule is CC(C)CN(CC(C)C)C(=O)COC(=O)c1cc(S(=O)(=O)N2CCCC2)cn1C. The molecule has 0 atom stereocenters. The van der Waals surface area contributed by atoms with Crippen LogP contribution in [-0.2, 0) is 26.6 Å². The number of hydrogen-bond acceptors (Lipinski definition) is 5. The van der Waals surface area contributed by atoms with Gasteiger partial charge in [-0.1, -0.05) is 27.7 Å². The van der Waals surface area contributed by atoms with Crippen molar-refractivity contribution in [3.8, 4) is 0 Å². The molecule has 1 aromatic rings. The summed E-state index contributed by atoms with van der Waals surface area (Å²) < 4.78 is 33.4. The van der Waals surface area contributed by atoms with Crippen LogP contribution in [0.15, 0.2) is 17.2 Å². The van der Waals surface area contributed by atoms with Crippen LogP contribution in [0.5, 0.6) is 0 Å². The predicted molar refractivity (Wildman–Crippen MR) is 110 cm³/mol.